The van der Waals surface area contributed by atoms with Crippen LogP contribution in [0.5, 0.6) is 0 Å². The number of aromatic nitrogens is 1. The SMILES string of the molecule is Cc1nc2cc(NC(=O)NC(C)(C)C)ccc2s1. The zero-order valence-electron chi connectivity index (χ0n) is 11.0. The summed E-state index contributed by atoms with van der Waals surface area (Å²) in [7, 11) is 0. The summed E-state index contributed by atoms with van der Waals surface area (Å²) in [6, 6.07) is 5.56. The molecule has 0 fully saturated rings. The van der Waals surface area contributed by atoms with Crippen molar-refractivity contribution in [1.82, 2.24) is 10.3 Å². The van der Waals surface area contributed by atoms with E-state index >= 15 is 0 Å². The summed E-state index contributed by atoms with van der Waals surface area (Å²) in [4.78, 5) is 16.1. The number of carbonyl (C=O) groups is 1. The molecule has 0 aliphatic heterocycles. The number of fused-ring (bicyclic) bond motifs is 1. The van der Waals surface area contributed by atoms with Crippen molar-refractivity contribution < 1.29 is 4.79 Å². The lowest BCUT2D eigenvalue weighted by molar-refractivity contribution is 0.244. The van der Waals surface area contributed by atoms with Crippen LogP contribution in [-0.2, 0) is 0 Å². The molecule has 2 rings (SSSR count). The predicted octanol–water partition coefficient (Wildman–Crippen LogP) is 3.52. The number of hydrogen-bond acceptors (Lipinski definition) is 3. The molecule has 0 aliphatic carbocycles. The fraction of sp³-hybridized carbons (Fsp3) is 0.385. The fourth-order valence-electron chi connectivity index (χ4n) is 1.62. The molecular weight excluding hydrogens is 246 g/mol. The number of rotatable bonds is 1. The van der Waals surface area contributed by atoms with Crippen molar-refractivity contribution in [1.29, 1.82) is 0 Å². The molecule has 1 aromatic carbocycles. The fourth-order valence-corrected chi connectivity index (χ4v) is 2.43. The Morgan fingerprint density at radius 3 is 2.72 bits per heavy atom. The zero-order valence-corrected chi connectivity index (χ0v) is 11.8. The number of nitrogens with zero attached hydrogens (tertiary/aromatic N) is 1. The van der Waals surface area contributed by atoms with E-state index in [-0.39, 0.29) is 11.6 Å². The van der Waals surface area contributed by atoms with E-state index in [1.165, 1.54) is 0 Å². The normalized spacial score (nSPS) is 11.6. The van der Waals surface area contributed by atoms with Gasteiger partial charge in [-0.3, -0.25) is 0 Å². The third kappa shape index (κ3) is 3.20. The van der Waals surface area contributed by atoms with E-state index in [0.717, 1.165) is 20.9 Å². The summed E-state index contributed by atoms with van der Waals surface area (Å²) in [5.74, 6) is 0. The van der Waals surface area contributed by atoms with Gasteiger partial charge in [0, 0.05) is 11.2 Å². The number of benzene rings is 1. The summed E-state index contributed by atoms with van der Waals surface area (Å²) in [6.45, 7) is 7.81. The van der Waals surface area contributed by atoms with Gasteiger partial charge in [0.05, 0.1) is 15.2 Å². The molecule has 0 bridgehead atoms. The molecule has 2 amide bonds. The van der Waals surface area contributed by atoms with Gasteiger partial charge in [0.15, 0.2) is 0 Å². The standard InChI is InChI=1S/C13H17N3OS/c1-8-14-10-7-9(5-6-11(10)18-8)15-12(17)16-13(2,3)4/h5-7H,1-4H3,(H2,15,16,17). The van der Waals surface area contributed by atoms with Gasteiger partial charge in [-0.05, 0) is 45.9 Å². The largest absolute Gasteiger partial charge is 0.333 e. The number of thiazole rings is 1. The highest BCUT2D eigenvalue weighted by Crippen LogP contribution is 2.24. The Hall–Kier alpha value is -1.62. The lowest BCUT2D eigenvalue weighted by Crippen LogP contribution is -2.43. The maximum atomic E-state index is 11.7. The maximum Gasteiger partial charge on any atom is 0.319 e. The minimum absolute atomic E-state index is 0.200. The minimum atomic E-state index is -0.245. The van der Waals surface area contributed by atoms with E-state index in [1.807, 2.05) is 45.9 Å². The number of carbonyl (C=O) groups excluding carboxylic acids is 1. The first-order valence-corrected chi connectivity index (χ1v) is 6.61. The van der Waals surface area contributed by atoms with Crippen LogP contribution in [0, 0.1) is 6.92 Å². The van der Waals surface area contributed by atoms with Crippen LogP contribution >= 0.6 is 11.3 Å². The average Bonchev–Trinajstić information content (AvgIpc) is 2.53. The van der Waals surface area contributed by atoms with E-state index < -0.39 is 0 Å². The molecule has 4 nitrogen and oxygen atoms in total. The Balaban J connectivity index is 2.14. The Kier molecular flexibility index (Phi) is 3.26. The van der Waals surface area contributed by atoms with Gasteiger partial charge < -0.3 is 10.6 Å². The summed E-state index contributed by atoms with van der Waals surface area (Å²) in [5.41, 5.74) is 1.44. The molecule has 96 valence electrons. The Labute approximate surface area is 110 Å². The third-order valence-electron chi connectivity index (χ3n) is 2.24. The molecule has 0 spiro atoms. The molecule has 1 aromatic heterocycles. The Bertz CT molecular complexity index is 583. The number of hydrogen-bond donors (Lipinski definition) is 2. The maximum absolute atomic E-state index is 11.7. The molecule has 1 heterocycles. The first kappa shape index (κ1) is 12.8. The van der Waals surface area contributed by atoms with Gasteiger partial charge in [0.1, 0.15) is 0 Å². The van der Waals surface area contributed by atoms with Crippen LogP contribution in [0.2, 0.25) is 0 Å². The van der Waals surface area contributed by atoms with Crippen LogP contribution < -0.4 is 10.6 Å². The molecule has 0 aliphatic rings. The van der Waals surface area contributed by atoms with E-state index in [2.05, 4.69) is 15.6 Å². The quantitative estimate of drug-likeness (QED) is 0.827. The molecule has 0 atom stereocenters. The average molecular weight is 263 g/mol. The number of amides is 2. The minimum Gasteiger partial charge on any atom is -0.333 e. The molecule has 0 saturated carbocycles. The lowest BCUT2D eigenvalue weighted by Gasteiger charge is -2.20. The summed E-state index contributed by atoms with van der Waals surface area (Å²) in [5, 5.41) is 6.70. The van der Waals surface area contributed by atoms with Crippen LogP contribution in [0.15, 0.2) is 18.2 Å². The van der Waals surface area contributed by atoms with Crippen molar-refractivity contribution in [3.8, 4) is 0 Å². The van der Waals surface area contributed by atoms with E-state index in [0.29, 0.717) is 0 Å². The number of aryl methyl sites for hydroxylation is 1. The molecule has 0 unspecified atom stereocenters. The van der Waals surface area contributed by atoms with Crippen LogP contribution in [-0.4, -0.2) is 16.6 Å². The highest BCUT2D eigenvalue weighted by Gasteiger charge is 2.13. The Morgan fingerprint density at radius 2 is 2.06 bits per heavy atom. The van der Waals surface area contributed by atoms with Crippen LogP contribution in [0.1, 0.15) is 25.8 Å². The van der Waals surface area contributed by atoms with Crippen molar-refractivity contribution in [3.63, 3.8) is 0 Å². The summed E-state index contributed by atoms with van der Waals surface area (Å²) in [6.07, 6.45) is 0. The van der Waals surface area contributed by atoms with Crippen molar-refractivity contribution in [2.75, 3.05) is 5.32 Å². The van der Waals surface area contributed by atoms with Crippen LogP contribution in [0.25, 0.3) is 10.2 Å². The summed E-state index contributed by atoms with van der Waals surface area (Å²) < 4.78 is 1.13. The highest BCUT2D eigenvalue weighted by atomic mass is 32.1. The monoisotopic (exact) mass is 263 g/mol. The first-order valence-electron chi connectivity index (χ1n) is 5.80. The van der Waals surface area contributed by atoms with Gasteiger partial charge in [0.25, 0.3) is 0 Å². The van der Waals surface area contributed by atoms with Gasteiger partial charge in [-0.2, -0.15) is 0 Å². The van der Waals surface area contributed by atoms with Crippen molar-refractivity contribution in [2.24, 2.45) is 0 Å². The second-order valence-corrected chi connectivity index (χ2v) is 6.48. The zero-order chi connectivity index (χ0) is 13.3. The highest BCUT2D eigenvalue weighted by molar-refractivity contribution is 7.18. The van der Waals surface area contributed by atoms with Gasteiger partial charge in [-0.1, -0.05) is 0 Å². The third-order valence-corrected chi connectivity index (χ3v) is 3.19. The number of urea groups is 1. The molecule has 0 radical (unpaired) electrons. The smallest absolute Gasteiger partial charge is 0.319 e. The second-order valence-electron chi connectivity index (χ2n) is 5.24. The lowest BCUT2D eigenvalue weighted by atomic mass is 10.1. The topological polar surface area (TPSA) is 54.0 Å². The number of anilines is 1. The molecule has 2 aromatic rings. The van der Waals surface area contributed by atoms with Crippen molar-refractivity contribution >= 4 is 33.3 Å². The van der Waals surface area contributed by atoms with E-state index in [9.17, 15) is 4.79 Å². The Morgan fingerprint density at radius 1 is 1.33 bits per heavy atom. The van der Waals surface area contributed by atoms with Gasteiger partial charge in [0.2, 0.25) is 0 Å². The van der Waals surface area contributed by atoms with Gasteiger partial charge in [-0.15, -0.1) is 11.3 Å². The second kappa shape index (κ2) is 4.57. The van der Waals surface area contributed by atoms with E-state index in [1.54, 1.807) is 11.3 Å². The van der Waals surface area contributed by atoms with Crippen molar-refractivity contribution in [3.05, 3.63) is 23.2 Å². The summed E-state index contributed by atoms with van der Waals surface area (Å²) >= 11 is 1.65. The van der Waals surface area contributed by atoms with E-state index in [4.69, 9.17) is 0 Å². The number of nitrogens with one attached hydrogen (secondary N) is 2. The predicted molar refractivity (Wildman–Crippen MR) is 76.3 cm³/mol. The molecule has 5 heteroatoms. The molecule has 18 heavy (non-hydrogen) atoms. The van der Waals surface area contributed by atoms with Gasteiger partial charge in [-0.25, -0.2) is 9.78 Å². The van der Waals surface area contributed by atoms with Gasteiger partial charge >= 0.3 is 6.03 Å². The van der Waals surface area contributed by atoms with Crippen LogP contribution in [0.4, 0.5) is 10.5 Å². The molecular formula is C13H17N3OS. The molecule has 0 saturated heterocycles. The van der Waals surface area contributed by atoms with Crippen molar-refractivity contribution in [2.45, 2.75) is 33.2 Å². The molecule has 2 N–H and O–H groups in total. The first-order chi connectivity index (χ1) is 8.33. The van der Waals surface area contributed by atoms with Crippen LogP contribution in [0.3, 0.4) is 0 Å².